The maximum atomic E-state index is 12.4. The van der Waals surface area contributed by atoms with E-state index in [0.717, 1.165) is 17.6 Å². The summed E-state index contributed by atoms with van der Waals surface area (Å²) in [6, 6.07) is 24.7. The van der Waals surface area contributed by atoms with Gasteiger partial charge in [-0.15, -0.1) is 0 Å². The van der Waals surface area contributed by atoms with E-state index in [-0.39, 0.29) is 22.5 Å². The first-order chi connectivity index (χ1) is 21.3. The molecule has 9 N–H and O–H groups in total. The molecule has 1 amide bonds. The van der Waals surface area contributed by atoms with E-state index < -0.39 is 0 Å². The first-order valence-electron chi connectivity index (χ1n) is 13.7. The summed E-state index contributed by atoms with van der Waals surface area (Å²) in [5, 5.41) is 33.5. The summed E-state index contributed by atoms with van der Waals surface area (Å²) in [5.41, 5.74) is 15.2. The van der Waals surface area contributed by atoms with E-state index in [0.29, 0.717) is 60.0 Å². The van der Waals surface area contributed by atoms with Crippen LogP contribution in [-0.4, -0.2) is 68.2 Å². The number of phenolic OH excluding ortho intramolecular Hbond substituents is 2. The van der Waals surface area contributed by atoms with Crippen molar-refractivity contribution in [3.05, 3.63) is 114 Å². The summed E-state index contributed by atoms with van der Waals surface area (Å²) in [6.45, 7) is 1.41. The first-order valence-corrected chi connectivity index (χ1v) is 14.1. The lowest BCUT2D eigenvalue weighted by Gasteiger charge is -2.16. The number of amides is 1. The Labute approximate surface area is 260 Å². The minimum Gasteiger partial charge on any atom is -0.507 e. The number of anilines is 1. The molecule has 224 valence electrons. The molecule has 0 unspecified atom stereocenters. The van der Waals surface area contributed by atoms with Gasteiger partial charge in [0.15, 0.2) is 10.8 Å². The summed E-state index contributed by atoms with van der Waals surface area (Å²) in [5.74, 6) is 0.630. The van der Waals surface area contributed by atoms with Gasteiger partial charge in [0, 0.05) is 31.1 Å². The van der Waals surface area contributed by atoms with Crippen LogP contribution in [0.4, 0.5) is 11.4 Å². The first kappa shape index (κ1) is 31.3. The molecule has 0 atom stereocenters. The standard InChI is InChI=1S/C26H25N5O3S.C6H7N3/c27-26(35)29-15-14-28-25(34)17-9-11-18(12-10-17)31-16-13-21(19-5-1-3-7-22(19)32)30-24(31)20-6-2-4-8-23(20)33;7-4-6-5(8)2-1-3-9-6/h1-12H,13-16H2,(H5,27,28,29,30,32,33,34,35);1-4,7H,8H2/p+1. The Balaban J connectivity index is 0.000000421. The van der Waals surface area contributed by atoms with Crippen molar-refractivity contribution in [3.63, 3.8) is 0 Å². The van der Waals surface area contributed by atoms with Gasteiger partial charge in [0.05, 0.1) is 24.2 Å². The molecule has 0 spiro atoms. The monoisotopic (exact) mass is 609 g/mol. The number of hydrogen-bond donors (Lipinski definition) is 7. The normalized spacial score (nSPS) is 12.3. The van der Waals surface area contributed by atoms with Crippen molar-refractivity contribution in [1.82, 2.24) is 15.6 Å². The van der Waals surface area contributed by atoms with Crippen LogP contribution in [0.1, 0.15) is 33.6 Å². The van der Waals surface area contributed by atoms with E-state index >= 15 is 0 Å². The Morgan fingerprint density at radius 2 is 1.57 bits per heavy atom. The summed E-state index contributed by atoms with van der Waals surface area (Å²) in [4.78, 5) is 21.1. The molecule has 0 aliphatic carbocycles. The number of aromatic hydroxyl groups is 2. The number of nitrogens with one attached hydrogen (secondary N) is 3. The van der Waals surface area contributed by atoms with Crippen molar-refractivity contribution in [2.45, 2.75) is 6.42 Å². The highest BCUT2D eigenvalue weighted by atomic mass is 32.1. The van der Waals surface area contributed by atoms with Crippen molar-refractivity contribution in [2.75, 3.05) is 25.4 Å². The van der Waals surface area contributed by atoms with Crippen LogP contribution < -0.4 is 22.1 Å². The molecule has 0 saturated carbocycles. The number of aromatic nitrogens is 1. The van der Waals surface area contributed by atoms with E-state index in [2.05, 4.69) is 15.6 Å². The van der Waals surface area contributed by atoms with Crippen molar-refractivity contribution in [2.24, 2.45) is 10.7 Å². The summed E-state index contributed by atoms with van der Waals surface area (Å²) in [7, 11) is 0. The molecule has 1 aliphatic rings. The van der Waals surface area contributed by atoms with Gasteiger partial charge in [0.1, 0.15) is 28.4 Å². The fourth-order valence-electron chi connectivity index (χ4n) is 4.41. The average molecular weight is 610 g/mol. The number of carbonyl (C=O) groups is 1. The minimum absolute atomic E-state index is 0.108. The molecular formula is C32H33N8O3S+. The molecule has 12 heteroatoms. The largest absolute Gasteiger partial charge is 0.507 e. The predicted molar refractivity (Wildman–Crippen MR) is 176 cm³/mol. The zero-order valence-electron chi connectivity index (χ0n) is 23.8. The molecule has 5 rings (SSSR count). The van der Waals surface area contributed by atoms with Crippen LogP contribution in [0.2, 0.25) is 0 Å². The van der Waals surface area contributed by atoms with E-state index in [1.165, 1.54) is 0 Å². The van der Waals surface area contributed by atoms with Crippen molar-refractivity contribution in [3.8, 4) is 11.5 Å². The number of carbonyl (C=O) groups excluding carboxylic acids is 1. The number of nitrogens with zero attached hydrogens (tertiary/aromatic N) is 3. The van der Waals surface area contributed by atoms with Crippen LogP contribution in [-0.2, 0) is 0 Å². The average Bonchev–Trinajstić information content (AvgIpc) is 3.04. The fourth-order valence-corrected chi connectivity index (χ4v) is 4.51. The van der Waals surface area contributed by atoms with Gasteiger partial charge in [-0.25, -0.2) is 4.58 Å². The van der Waals surface area contributed by atoms with Crippen molar-refractivity contribution in [1.29, 1.82) is 5.41 Å². The number of rotatable bonds is 8. The second-order valence-electron chi connectivity index (χ2n) is 9.53. The molecule has 0 saturated heterocycles. The summed E-state index contributed by atoms with van der Waals surface area (Å²) >= 11 is 4.75. The molecular weight excluding hydrogens is 576 g/mol. The van der Waals surface area contributed by atoms with Crippen molar-refractivity contribution >= 4 is 52.4 Å². The fraction of sp³-hybridized carbons (Fsp3) is 0.125. The van der Waals surface area contributed by atoms with Crippen LogP contribution >= 0.6 is 12.2 Å². The number of amidine groups is 1. The Hall–Kier alpha value is -5.62. The quantitative estimate of drug-likeness (QED) is 0.0686. The highest BCUT2D eigenvalue weighted by Gasteiger charge is 2.30. The topological polar surface area (TPSA) is 186 Å². The van der Waals surface area contributed by atoms with E-state index in [4.69, 9.17) is 34.1 Å². The number of hydrogen-bond acceptors (Lipinski definition) is 8. The highest BCUT2D eigenvalue weighted by Crippen LogP contribution is 2.27. The zero-order chi connectivity index (χ0) is 31.5. The molecule has 11 nitrogen and oxygen atoms in total. The van der Waals surface area contributed by atoms with Gasteiger partial charge >= 0.3 is 5.84 Å². The summed E-state index contributed by atoms with van der Waals surface area (Å²) in [6.07, 6.45) is 3.33. The number of para-hydroxylation sites is 2. The minimum atomic E-state index is -0.204. The lowest BCUT2D eigenvalue weighted by atomic mass is 10.0. The number of aliphatic imine (C=N–C) groups is 1. The second kappa shape index (κ2) is 15.0. The number of benzene rings is 3. The number of pyridine rings is 1. The van der Waals surface area contributed by atoms with Gasteiger partial charge in [-0.3, -0.25) is 9.78 Å². The molecule has 0 radical (unpaired) electrons. The lowest BCUT2D eigenvalue weighted by molar-refractivity contribution is -0.440. The van der Waals surface area contributed by atoms with Gasteiger partial charge in [0.2, 0.25) is 0 Å². The molecule has 44 heavy (non-hydrogen) atoms. The molecule has 1 aromatic heterocycles. The Morgan fingerprint density at radius 3 is 2.16 bits per heavy atom. The zero-order valence-corrected chi connectivity index (χ0v) is 24.6. The number of nitrogens with two attached hydrogens (primary N) is 2. The Morgan fingerprint density at radius 1 is 0.932 bits per heavy atom. The maximum absolute atomic E-state index is 12.4. The number of thiocarbonyl (C=S) groups is 1. The van der Waals surface area contributed by atoms with Crippen LogP contribution in [0.5, 0.6) is 11.5 Å². The molecule has 2 heterocycles. The SMILES string of the molecule is N=Cc1ncccc1N.NC(=S)NCCNC(=O)c1ccc([N+]2=C(c3ccccc3O)N=C(c3ccccc3O)CC2)cc1. The summed E-state index contributed by atoms with van der Waals surface area (Å²) < 4.78 is 1.99. The highest BCUT2D eigenvalue weighted by molar-refractivity contribution is 7.80. The number of phenols is 2. The third kappa shape index (κ3) is 8.01. The Kier molecular flexibility index (Phi) is 10.7. The molecule has 0 fully saturated rings. The van der Waals surface area contributed by atoms with Crippen LogP contribution in [0.25, 0.3) is 0 Å². The van der Waals surface area contributed by atoms with E-state index in [1.54, 1.807) is 60.8 Å². The van der Waals surface area contributed by atoms with Gasteiger partial charge in [-0.1, -0.05) is 24.3 Å². The second-order valence-corrected chi connectivity index (χ2v) is 9.97. The third-order valence-corrected chi connectivity index (χ3v) is 6.73. The lowest BCUT2D eigenvalue weighted by Crippen LogP contribution is -2.37. The van der Waals surface area contributed by atoms with E-state index in [9.17, 15) is 15.0 Å². The van der Waals surface area contributed by atoms with Crippen LogP contribution in [0.15, 0.2) is 96.1 Å². The molecule has 4 aromatic rings. The van der Waals surface area contributed by atoms with Gasteiger partial charge in [-0.05, 0) is 77.9 Å². The van der Waals surface area contributed by atoms with Crippen molar-refractivity contribution < 1.29 is 19.6 Å². The van der Waals surface area contributed by atoms with E-state index in [1.807, 2.05) is 34.9 Å². The van der Waals surface area contributed by atoms with Gasteiger partial charge < -0.3 is 37.7 Å². The molecule has 3 aromatic carbocycles. The predicted octanol–water partition coefficient (Wildman–Crippen LogP) is 3.31. The Bertz CT molecular complexity index is 1720. The van der Waals surface area contributed by atoms with Crippen LogP contribution in [0.3, 0.4) is 0 Å². The molecule has 0 bridgehead atoms. The van der Waals surface area contributed by atoms with Gasteiger partial charge in [-0.2, -0.15) is 0 Å². The van der Waals surface area contributed by atoms with Gasteiger partial charge in [0.25, 0.3) is 5.91 Å². The van der Waals surface area contributed by atoms with Crippen LogP contribution in [0, 0.1) is 5.41 Å². The maximum Gasteiger partial charge on any atom is 0.334 e. The molecule has 1 aliphatic heterocycles. The smallest absolute Gasteiger partial charge is 0.334 e. The third-order valence-electron chi connectivity index (χ3n) is 6.59. The number of nitrogen functional groups attached to an aromatic ring is 1.